The summed E-state index contributed by atoms with van der Waals surface area (Å²) < 4.78 is 6.11. The zero-order chi connectivity index (χ0) is 17.6. The fraction of sp³-hybridized carbons (Fsp3) is 0.524. The Morgan fingerprint density at radius 2 is 1.80 bits per heavy atom. The van der Waals surface area contributed by atoms with Gasteiger partial charge in [0.05, 0.1) is 25.0 Å². The topological polar surface area (TPSA) is 43.4 Å². The molecule has 3 nitrogen and oxygen atoms in total. The van der Waals surface area contributed by atoms with Gasteiger partial charge < -0.3 is 4.74 Å². The Morgan fingerprint density at radius 3 is 2.48 bits per heavy atom. The van der Waals surface area contributed by atoms with E-state index in [0.29, 0.717) is 13.0 Å². The normalized spacial score (nSPS) is 22.5. The smallest absolute Gasteiger partial charge is 0.167 e. The number of Topliss-reactive ketones (excluding diaryl/α,β-unsaturated/α-hetero) is 2. The number of allylic oxidation sites excluding steroid dienone is 1. The van der Waals surface area contributed by atoms with Gasteiger partial charge in [0.2, 0.25) is 0 Å². The summed E-state index contributed by atoms with van der Waals surface area (Å²) in [6.45, 7) is 2.41. The molecule has 1 unspecified atom stereocenters. The summed E-state index contributed by atoms with van der Waals surface area (Å²) in [5.41, 5.74) is 0.811. The molecule has 0 N–H and O–H groups in total. The molecule has 0 aliphatic heterocycles. The highest BCUT2D eigenvalue weighted by Gasteiger charge is 2.35. The molecule has 0 heterocycles. The quantitative estimate of drug-likeness (QED) is 0.675. The van der Waals surface area contributed by atoms with Crippen LogP contribution in [0.5, 0.6) is 0 Å². The van der Waals surface area contributed by atoms with Gasteiger partial charge in [0.15, 0.2) is 11.6 Å². The molecule has 1 atom stereocenters. The van der Waals surface area contributed by atoms with Gasteiger partial charge in [0, 0.05) is 15.4 Å². The predicted molar refractivity (Wildman–Crippen MR) is 101 cm³/mol. The minimum atomic E-state index is -0.292. The van der Waals surface area contributed by atoms with Crippen LogP contribution in [-0.4, -0.2) is 24.3 Å². The molecule has 1 aromatic carbocycles. The molecule has 3 rings (SSSR count). The number of ether oxygens (including phenoxy) is 1. The van der Waals surface area contributed by atoms with Crippen molar-refractivity contribution in [2.75, 3.05) is 6.61 Å². The van der Waals surface area contributed by atoms with E-state index in [-0.39, 0.29) is 30.0 Å². The Kier molecular flexibility index (Phi) is 6.49. The van der Waals surface area contributed by atoms with Crippen molar-refractivity contribution < 1.29 is 14.3 Å². The molecule has 1 saturated carbocycles. The summed E-state index contributed by atoms with van der Waals surface area (Å²) in [6.07, 6.45) is 6.85. The van der Waals surface area contributed by atoms with Crippen molar-refractivity contribution >= 4 is 23.3 Å². The maximum absolute atomic E-state index is 12.6. The first kappa shape index (κ1) is 18.4. The van der Waals surface area contributed by atoms with Gasteiger partial charge in [0.25, 0.3) is 0 Å². The first-order chi connectivity index (χ1) is 12.2. The lowest BCUT2D eigenvalue weighted by molar-refractivity contribution is -0.130. The summed E-state index contributed by atoms with van der Waals surface area (Å²) in [5.74, 6) is -0.295. The number of carbonyl (C=O) groups excluding carboxylic acids is 2. The summed E-state index contributed by atoms with van der Waals surface area (Å²) in [5, 5.41) is 0. The van der Waals surface area contributed by atoms with Gasteiger partial charge in [-0.2, -0.15) is 0 Å². The predicted octanol–water partition coefficient (Wildman–Crippen LogP) is 4.95. The van der Waals surface area contributed by atoms with E-state index in [1.54, 1.807) is 11.8 Å². The second kappa shape index (κ2) is 8.81. The van der Waals surface area contributed by atoms with Gasteiger partial charge in [-0.15, -0.1) is 0 Å². The first-order valence-corrected chi connectivity index (χ1v) is 10.1. The lowest BCUT2D eigenvalue weighted by atomic mass is 9.87. The number of hydrogen-bond donors (Lipinski definition) is 0. The molecule has 2 aliphatic carbocycles. The highest BCUT2D eigenvalue weighted by Crippen LogP contribution is 2.40. The number of hydrogen-bond acceptors (Lipinski definition) is 4. The van der Waals surface area contributed by atoms with Gasteiger partial charge >= 0.3 is 0 Å². The van der Waals surface area contributed by atoms with Crippen LogP contribution in [0, 0.1) is 5.92 Å². The maximum atomic E-state index is 12.6. The van der Waals surface area contributed by atoms with Crippen LogP contribution in [0.15, 0.2) is 45.7 Å². The molecule has 0 radical (unpaired) electrons. The zero-order valence-electron chi connectivity index (χ0n) is 14.8. The molecular weight excluding hydrogens is 332 g/mol. The Morgan fingerprint density at radius 1 is 1.08 bits per heavy atom. The van der Waals surface area contributed by atoms with Gasteiger partial charge in [-0.25, -0.2) is 0 Å². The standard InChI is InChI=1S/C21H26O3S/c1-2-17-19(22)13-20(23)18(14-24-15-9-5-3-6-10-15)21(17)25-16-11-7-4-8-12-16/h4,7-8,11-12,15,18H,2-3,5-6,9-10,13-14H2,1H3. The lowest BCUT2D eigenvalue weighted by Crippen LogP contribution is -2.32. The summed E-state index contributed by atoms with van der Waals surface area (Å²) >= 11 is 1.56. The second-order valence-electron chi connectivity index (χ2n) is 6.82. The van der Waals surface area contributed by atoms with Crippen LogP contribution < -0.4 is 0 Å². The molecule has 4 heteroatoms. The molecule has 1 aromatic rings. The molecule has 0 spiro atoms. The average molecular weight is 359 g/mol. The van der Waals surface area contributed by atoms with Gasteiger partial charge in [-0.3, -0.25) is 9.59 Å². The largest absolute Gasteiger partial charge is 0.377 e. The van der Waals surface area contributed by atoms with E-state index >= 15 is 0 Å². The Bertz CT molecular complexity index is 644. The van der Waals surface area contributed by atoms with Crippen LogP contribution in [-0.2, 0) is 14.3 Å². The fourth-order valence-electron chi connectivity index (χ4n) is 3.63. The van der Waals surface area contributed by atoms with Crippen molar-refractivity contribution in [2.24, 2.45) is 5.92 Å². The van der Waals surface area contributed by atoms with Crippen molar-refractivity contribution in [3.8, 4) is 0 Å². The summed E-state index contributed by atoms with van der Waals surface area (Å²) in [7, 11) is 0. The van der Waals surface area contributed by atoms with E-state index in [1.807, 2.05) is 37.3 Å². The highest BCUT2D eigenvalue weighted by molar-refractivity contribution is 8.03. The van der Waals surface area contributed by atoms with E-state index in [9.17, 15) is 9.59 Å². The minimum absolute atomic E-state index is 0.0106. The van der Waals surface area contributed by atoms with Crippen LogP contribution in [0.3, 0.4) is 0 Å². The van der Waals surface area contributed by atoms with Crippen LogP contribution in [0.1, 0.15) is 51.9 Å². The minimum Gasteiger partial charge on any atom is -0.377 e. The van der Waals surface area contributed by atoms with Gasteiger partial charge in [-0.1, -0.05) is 56.1 Å². The third kappa shape index (κ3) is 4.62. The maximum Gasteiger partial charge on any atom is 0.167 e. The van der Waals surface area contributed by atoms with Crippen molar-refractivity contribution in [1.82, 2.24) is 0 Å². The molecule has 0 amide bonds. The number of thioether (sulfide) groups is 1. The second-order valence-corrected chi connectivity index (χ2v) is 7.94. The molecule has 1 fully saturated rings. The summed E-state index contributed by atoms with van der Waals surface area (Å²) in [6, 6.07) is 9.98. The number of carbonyl (C=O) groups is 2. The van der Waals surface area contributed by atoms with Crippen molar-refractivity contribution in [3.63, 3.8) is 0 Å². The van der Waals surface area contributed by atoms with Crippen molar-refractivity contribution in [2.45, 2.75) is 62.9 Å². The van der Waals surface area contributed by atoms with Crippen LogP contribution in [0.2, 0.25) is 0 Å². The van der Waals surface area contributed by atoms with E-state index in [2.05, 4.69) is 0 Å². The molecular formula is C21H26O3S. The highest BCUT2D eigenvalue weighted by atomic mass is 32.2. The van der Waals surface area contributed by atoms with Crippen LogP contribution in [0.25, 0.3) is 0 Å². The van der Waals surface area contributed by atoms with Gasteiger partial charge in [0.1, 0.15) is 0 Å². The van der Waals surface area contributed by atoms with Crippen LogP contribution >= 0.6 is 11.8 Å². The Balaban J connectivity index is 1.80. The number of rotatable bonds is 6. The van der Waals surface area contributed by atoms with E-state index < -0.39 is 0 Å². The number of benzene rings is 1. The van der Waals surface area contributed by atoms with Crippen molar-refractivity contribution in [1.29, 1.82) is 0 Å². The third-order valence-corrected chi connectivity index (χ3v) is 6.31. The van der Waals surface area contributed by atoms with Crippen molar-refractivity contribution in [3.05, 3.63) is 40.8 Å². The Hall–Kier alpha value is -1.39. The van der Waals surface area contributed by atoms with E-state index in [1.165, 1.54) is 19.3 Å². The fourth-order valence-corrected chi connectivity index (χ4v) is 4.90. The number of ketones is 2. The SMILES string of the molecule is CCC1=C(Sc2ccccc2)C(COC2CCCCC2)C(=O)CC1=O. The zero-order valence-corrected chi connectivity index (χ0v) is 15.6. The van der Waals surface area contributed by atoms with Crippen LogP contribution in [0.4, 0.5) is 0 Å². The Labute approximate surface area is 154 Å². The monoisotopic (exact) mass is 358 g/mol. The molecule has 25 heavy (non-hydrogen) atoms. The van der Waals surface area contributed by atoms with E-state index in [0.717, 1.165) is 28.2 Å². The first-order valence-electron chi connectivity index (χ1n) is 9.32. The molecule has 0 bridgehead atoms. The van der Waals surface area contributed by atoms with Gasteiger partial charge in [-0.05, 0) is 31.4 Å². The molecule has 0 aromatic heterocycles. The third-order valence-electron chi connectivity index (χ3n) is 5.05. The molecule has 0 saturated heterocycles. The molecule has 134 valence electrons. The van der Waals surface area contributed by atoms with E-state index in [4.69, 9.17) is 4.74 Å². The molecule has 2 aliphatic rings. The average Bonchev–Trinajstić information content (AvgIpc) is 2.63. The summed E-state index contributed by atoms with van der Waals surface area (Å²) in [4.78, 5) is 26.9. The lowest BCUT2D eigenvalue weighted by Gasteiger charge is -2.29.